The normalized spacial score (nSPS) is 13.9. The average Bonchev–Trinajstić information content (AvgIpc) is 3.60. The summed E-state index contributed by atoms with van der Waals surface area (Å²) in [7, 11) is 1.53. The van der Waals surface area contributed by atoms with Crippen molar-refractivity contribution in [2.75, 3.05) is 13.7 Å². The fraction of sp³-hybridized carbons (Fsp3) is 0.414. The van der Waals surface area contributed by atoms with Crippen molar-refractivity contribution in [3.8, 4) is 23.0 Å². The molecular formula is C29H33F2N3O6. The Bertz CT molecular complexity index is 1380. The minimum Gasteiger partial charge on any atom is -0.493 e. The van der Waals surface area contributed by atoms with E-state index in [9.17, 15) is 18.4 Å². The SMILES string of the molecule is COc1ccc(-c2nc(C(=O)NCc3ccc(F)cc3F)c([C@@H](CC(C)(C)C)OC(N)=O)o2)cc1OCC1CC1. The Hall–Kier alpha value is -4.15. The molecule has 4 rings (SSSR count). The molecule has 2 amide bonds. The van der Waals surface area contributed by atoms with Crippen LogP contribution in [0.1, 0.15) is 67.9 Å². The van der Waals surface area contributed by atoms with Crippen molar-refractivity contribution < 1.29 is 37.0 Å². The molecule has 3 N–H and O–H groups in total. The second-order valence-corrected chi connectivity index (χ2v) is 11.0. The molecule has 0 radical (unpaired) electrons. The van der Waals surface area contributed by atoms with Gasteiger partial charge in [-0.15, -0.1) is 0 Å². The van der Waals surface area contributed by atoms with Crippen LogP contribution in [0.2, 0.25) is 0 Å². The summed E-state index contributed by atoms with van der Waals surface area (Å²) in [6.45, 7) is 6.07. The van der Waals surface area contributed by atoms with Gasteiger partial charge in [-0.25, -0.2) is 18.6 Å². The number of aromatic nitrogens is 1. The topological polar surface area (TPSA) is 126 Å². The van der Waals surface area contributed by atoms with Crippen molar-refractivity contribution >= 4 is 12.0 Å². The molecule has 1 aromatic heterocycles. The number of nitrogens with one attached hydrogen (secondary N) is 1. The second kappa shape index (κ2) is 11.9. The Kier molecular flexibility index (Phi) is 8.61. The Balaban J connectivity index is 1.70. The van der Waals surface area contributed by atoms with Crippen LogP contribution >= 0.6 is 0 Å². The first-order chi connectivity index (χ1) is 18.9. The van der Waals surface area contributed by atoms with Gasteiger partial charge < -0.3 is 29.7 Å². The minimum absolute atomic E-state index is 0.0166. The number of primary amides is 1. The monoisotopic (exact) mass is 557 g/mol. The molecule has 3 aromatic rings. The maximum atomic E-state index is 14.2. The highest BCUT2D eigenvalue weighted by molar-refractivity contribution is 5.94. The molecule has 1 aliphatic carbocycles. The van der Waals surface area contributed by atoms with Crippen molar-refractivity contribution in [2.24, 2.45) is 17.1 Å². The molecule has 1 fully saturated rings. The molecule has 0 unspecified atom stereocenters. The molecule has 1 atom stereocenters. The van der Waals surface area contributed by atoms with Gasteiger partial charge in [0.05, 0.1) is 13.7 Å². The van der Waals surface area contributed by atoms with Crippen LogP contribution in [0.4, 0.5) is 13.6 Å². The van der Waals surface area contributed by atoms with E-state index in [1.807, 2.05) is 20.8 Å². The first kappa shape index (κ1) is 28.8. The van der Waals surface area contributed by atoms with Crippen molar-refractivity contribution in [1.82, 2.24) is 10.3 Å². The molecule has 214 valence electrons. The van der Waals surface area contributed by atoms with E-state index in [0.29, 0.717) is 29.6 Å². The maximum absolute atomic E-state index is 14.2. The van der Waals surface area contributed by atoms with Gasteiger partial charge in [0, 0.05) is 23.7 Å². The number of ether oxygens (including phenoxy) is 3. The second-order valence-electron chi connectivity index (χ2n) is 11.0. The third kappa shape index (κ3) is 7.49. The van der Waals surface area contributed by atoms with Crippen molar-refractivity contribution in [3.63, 3.8) is 0 Å². The minimum atomic E-state index is -1.05. The van der Waals surface area contributed by atoms with E-state index in [2.05, 4.69) is 10.3 Å². The fourth-order valence-electron chi connectivity index (χ4n) is 4.06. The van der Waals surface area contributed by atoms with Gasteiger partial charge in [-0.05, 0) is 54.9 Å². The number of halogens is 2. The number of carbonyl (C=O) groups excluding carboxylic acids is 2. The highest BCUT2D eigenvalue weighted by Crippen LogP contribution is 2.39. The molecular weight excluding hydrogens is 524 g/mol. The third-order valence-corrected chi connectivity index (χ3v) is 6.25. The summed E-state index contributed by atoms with van der Waals surface area (Å²) >= 11 is 0. The van der Waals surface area contributed by atoms with Crippen LogP contribution in [0.25, 0.3) is 11.5 Å². The quantitative estimate of drug-likeness (QED) is 0.300. The Morgan fingerprint density at radius 3 is 2.52 bits per heavy atom. The van der Waals surface area contributed by atoms with Gasteiger partial charge in [0.15, 0.2) is 29.1 Å². The zero-order valence-corrected chi connectivity index (χ0v) is 22.9. The molecule has 0 spiro atoms. The molecule has 0 bridgehead atoms. The zero-order valence-electron chi connectivity index (χ0n) is 22.9. The van der Waals surface area contributed by atoms with Crippen molar-refractivity contribution in [2.45, 2.75) is 52.7 Å². The summed E-state index contributed by atoms with van der Waals surface area (Å²) in [4.78, 5) is 29.5. The zero-order chi connectivity index (χ0) is 29.0. The van der Waals surface area contributed by atoms with E-state index < -0.39 is 29.7 Å². The number of carbonyl (C=O) groups is 2. The van der Waals surface area contributed by atoms with Crippen LogP contribution in [0.5, 0.6) is 11.5 Å². The standard InChI is InChI=1S/C29H33F2N3O6/c1-29(2,3)13-23(39-28(32)36)25-24(26(35)33-14-18-7-9-19(30)12-20(18)31)34-27(40-25)17-8-10-21(37-4)22(11-17)38-15-16-5-6-16/h7-12,16,23H,5-6,13-15H2,1-4H3,(H2,32,36)(H,33,35)/t23-/m1/s1. The van der Waals surface area contributed by atoms with E-state index >= 15 is 0 Å². The predicted molar refractivity (Wildman–Crippen MR) is 142 cm³/mol. The average molecular weight is 558 g/mol. The number of benzene rings is 2. The lowest BCUT2D eigenvalue weighted by molar-refractivity contribution is 0.0635. The number of hydrogen-bond acceptors (Lipinski definition) is 7. The van der Waals surface area contributed by atoms with Crippen molar-refractivity contribution in [1.29, 1.82) is 0 Å². The highest BCUT2D eigenvalue weighted by Gasteiger charge is 2.33. The summed E-state index contributed by atoms with van der Waals surface area (Å²) in [6, 6.07) is 8.15. The van der Waals surface area contributed by atoms with E-state index in [1.165, 1.54) is 13.2 Å². The molecule has 2 aromatic carbocycles. The Morgan fingerprint density at radius 1 is 1.15 bits per heavy atom. The highest BCUT2D eigenvalue weighted by atomic mass is 19.1. The first-order valence-electron chi connectivity index (χ1n) is 12.9. The van der Waals surface area contributed by atoms with Crippen LogP contribution in [0.3, 0.4) is 0 Å². The summed E-state index contributed by atoms with van der Waals surface area (Å²) in [6.07, 6.45) is 0.398. The smallest absolute Gasteiger partial charge is 0.405 e. The number of oxazole rings is 1. The van der Waals surface area contributed by atoms with Gasteiger partial charge in [0.2, 0.25) is 5.89 Å². The van der Waals surface area contributed by atoms with E-state index in [4.69, 9.17) is 24.4 Å². The first-order valence-corrected chi connectivity index (χ1v) is 12.9. The molecule has 0 aliphatic heterocycles. The number of nitrogens with two attached hydrogens (primary N) is 1. The van der Waals surface area contributed by atoms with Crippen molar-refractivity contribution in [3.05, 3.63) is 65.1 Å². The van der Waals surface area contributed by atoms with Gasteiger partial charge in [0.1, 0.15) is 11.6 Å². The molecule has 1 heterocycles. The predicted octanol–water partition coefficient (Wildman–Crippen LogP) is 5.92. The molecule has 0 saturated heterocycles. The summed E-state index contributed by atoms with van der Waals surface area (Å²) in [5.41, 5.74) is 5.39. The number of methoxy groups -OCH3 is 1. The number of rotatable bonds is 11. The molecule has 1 saturated carbocycles. The van der Waals surface area contributed by atoms with Gasteiger partial charge in [-0.1, -0.05) is 26.8 Å². The lowest BCUT2D eigenvalue weighted by Crippen LogP contribution is -2.27. The van der Waals surface area contributed by atoms with E-state index in [1.54, 1.807) is 18.2 Å². The molecule has 9 nitrogen and oxygen atoms in total. The summed E-state index contributed by atoms with van der Waals surface area (Å²) < 4.78 is 50.3. The Labute approximate surface area is 231 Å². The maximum Gasteiger partial charge on any atom is 0.405 e. The van der Waals surface area contributed by atoms with Crippen LogP contribution in [-0.4, -0.2) is 30.7 Å². The van der Waals surface area contributed by atoms with Crippen LogP contribution in [-0.2, 0) is 11.3 Å². The summed E-state index contributed by atoms with van der Waals surface area (Å²) in [5, 5.41) is 2.58. The third-order valence-electron chi connectivity index (χ3n) is 6.25. The summed E-state index contributed by atoms with van der Waals surface area (Å²) in [5.74, 6) is -0.671. The lowest BCUT2D eigenvalue weighted by Gasteiger charge is -2.24. The van der Waals surface area contributed by atoms with E-state index in [-0.39, 0.29) is 41.3 Å². The van der Waals surface area contributed by atoms with Gasteiger partial charge in [-0.3, -0.25) is 4.79 Å². The van der Waals surface area contributed by atoms with Crippen LogP contribution < -0.4 is 20.5 Å². The molecule has 40 heavy (non-hydrogen) atoms. The van der Waals surface area contributed by atoms with Gasteiger partial charge >= 0.3 is 6.09 Å². The van der Waals surface area contributed by atoms with Crippen LogP contribution in [0.15, 0.2) is 40.8 Å². The number of nitrogens with zero attached hydrogens (tertiary/aromatic N) is 1. The largest absolute Gasteiger partial charge is 0.493 e. The molecule has 11 heteroatoms. The number of amides is 2. The molecule has 1 aliphatic rings. The van der Waals surface area contributed by atoms with Crippen LogP contribution in [0, 0.1) is 23.0 Å². The van der Waals surface area contributed by atoms with E-state index in [0.717, 1.165) is 25.0 Å². The fourth-order valence-corrected chi connectivity index (χ4v) is 4.06. The Morgan fingerprint density at radius 2 is 1.90 bits per heavy atom. The van der Waals surface area contributed by atoms with Gasteiger partial charge in [0.25, 0.3) is 5.91 Å². The number of hydrogen-bond donors (Lipinski definition) is 2. The van der Waals surface area contributed by atoms with Gasteiger partial charge in [-0.2, -0.15) is 0 Å². The lowest BCUT2D eigenvalue weighted by atomic mass is 9.88.